The highest BCUT2D eigenvalue weighted by molar-refractivity contribution is 6.30. The highest BCUT2D eigenvalue weighted by Crippen LogP contribution is 2.20. The van der Waals surface area contributed by atoms with E-state index in [1.165, 1.54) is 0 Å². The number of hydrogen-bond donors (Lipinski definition) is 1. The van der Waals surface area contributed by atoms with Gasteiger partial charge in [-0.25, -0.2) is 5.43 Å². The first-order valence-electron chi connectivity index (χ1n) is 7.63. The van der Waals surface area contributed by atoms with Crippen LogP contribution < -0.4 is 10.2 Å². The van der Waals surface area contributed by atoms with Gasteiger partial charge in [0.05, 0.1) is 6.21 Å². The number of rotatable bonds is 5. The molecule has 0 spiro atoms. The fraction of sp³-hybridized carbons (Fsp3) is 0. The van der Waals surface area contributed by atoms with Crippen LogP contribution in [0.4, 0.5) is 0 Å². The predicted octanol–water partition coefficient (Wildman–Crippen LogP) is 4.90. The molecule has 0 unspecified atom stereocenters. The molecule has 0 aliphatic carbocycles. The normalized spacial score (nSPS) is 10.6. The second-order valence-corrected chi connectivity index (χ2v) is 5.63. The first-order chi connectivity index (χ1) is 12.2. The van der Waals surface area contributed by atoms with E-state index < -0.39 is 0 Å². The second-order valence-electron chi connectivity index (χ2n) is 5.19. The molecule has 3 aromatic carbocycles. The molecule has 0 saturated heterocycles. The van der Waals surface area contributed by atoms with E-state index in [-0.39, 0.29) is 5.91 Å². The quantitative estimate of drug-likeness (QED) is 0.525. The van der Waals surface area contributed by atoms with Crippen LogP contribution in [0.1, 0.15) is 15.9 Å². The minimum absolute atomic E-state index is 0.317. The Morgan fingerprint density at radius 3 is 2.36 bits per heavy atom. The van der Waals surface area contributed by atoms with Gasteiger partial charge in [0.2, 0.25) is 0 Å². The molecule has 1 amide bonds. The molecule has 0 bridgehead atoms. The van der Waals surface area contributed by atoms with Crippen molar-refractivity contribution in [3.63, 3.8) is 0 Å². The fourth-order valence-electron chi connectivity index (χ4n) is 2.11. The van der Waals surface area contributed by atoms with Crippen molar-refractivity contribution in [1.29, 1.82) is 0 Å². The van der Waals surface area contributed by atoms with E-state index in [0.717, 1.165) is 17.1 Å². The Morgan fingerprint density at radius 1 is 0.920 bits per heavy atom. The van der Waals surface area contributed by atoms with Gasteiger partial charge >= 0.3 is 0 Å². The summed E-state index contributed by atoms with van der Waals surface area (Å²) in [4.78, 5) is 11.9. The molecule has 0 radical (unpaired) electrons. The Balaban J connectivity index is 1.57. The maximum Gasteiger partial charge on any atom is 0.271 e. The predicted molar refractivity (Wildman–Crippen MR) is 99.5 cm³/mol. The Morgan fingerprint density at radius 2 is 1.64 bits per heavy atom. The minimum Gasteiger partial charge on any atom is -0.457 e. The van der Waals surface area contributed by atoms with Crippen LogP contribution in [-0.4, -0.2) is 12.1 Å². The van der Waals surface area contributed by atoms with Crippen LogP contribution in [0.5, 0.6) is 11.5 Å². The van der Waals surface area contributed by atoms with Crippen molar-refractivity contribution in [3.05, 3.63) is 95.0 Å². The van der Waals surface area contributed by atoms with Gasteiger partial charge in [-0.15, -0.1) is 0 Å². The molecule has 1 N–H and O–H groups in total. The fourth-order valence-corrected chi connectivity index (χ4v) is 2.30. The van der Waals surface area contributed by atoms with Gasteiger partial charge in [0.15, 0.2) is 0 Å². The second kappa shape index (κ2) is 8.13. The maximum atomic E-state index is 11.9. The van der Waals surface area contributed by atoms with Crippen molar-refractivity contribution in [1.82, 2.24) is 5.43 Å². The van der Waals surface area contributed by atoms with Crippen molar-refractivity contribution in [2.24, 2.45) is 5.10 Å². The highest BCUT2D eigenvalue weighted by atomic mass is 35.5. The average molecular weight is 351 g/mol. The molecule has 0 saturated carbocycles. The van der Waals surface area contributed by atoms with Gasteiger partial charge in [-0.3, -0.25) is 4.79 Å². The van der Waals surface area contributed by atoms with Gasteiger partial charge in [-0.05, 0) is 60.2 Å². The summed E-state index contributed by atoms with van der Waals surface area (Å²) in [6.45, 7) is 0. The maximum absolute atomic E-state index is 11.9. The van der Waals surface area contributed by atoms with Gasteiger partial charge in [-0.1, -0.05) is 35.9 Å². The van der Waals surface area contributed by atoms with Crippen LogP contribution in [0.2, 0.25) is 5.02 Å². The lowest BCUT2D eigenvalue weighted by molar-refractivity contribution is 0.0955. The van der Waals surface area contributed by atoms with Crippen LogP contribution in [0.25, 0.3) is 0 Å². The molecule has 0 aromatic heterocycles. The van der Waals surface area contributed by atoms with Crippen molar-refractivity contribution < 1.29 is 9.53 Å². The molecule has 0 aliphatic heterocycles. The molecule has 0 aliphatic rings. The van der Waals surface area contributed by atoms with Gasteiger partial charge in [0.1, 0.15) is 11.5 Å². The summed E-state index contributed by atoms with van der Waals surface area (Å²) in [5.74, 6) is 1.19. The molecule has 124 valence electrons. The van der Waals surface area contributed by atoms with Crippen molar-refractivity contribution in [3.8, 4) is 11.5 Å². The number of halogens is 1. The number of ether oxygens (including phenoxy) is 1. The zero-order chi connectivity index (χ0) is 17.5. The van der Waals surface area contributed by atoms with E-state index in [0.29, 0.717) is 10.6 Å². The van der Waals surface area contributed by atoms with Crippen LogP contribution in [-0.2, 0) is 0 Å². The summed E-state index contributed by atoms with van der Waals surface area (Å²) in [5.41, 5.74) is 3.76. The lowest BCUT2D eigenvalue weighted by Crippen LogP contribution is -2.17. The summed E-state index contributed by atoms with van der Waals surface area (Å²) >= 11 is 5.86. The van der Waals surface area contributed by atoms with E-state index in [4.69, 9.17) is 16.3 Å². The number of hydrazone groups is 1. The van der Waals surface area contributed by atoms with E-state index in [2.05, 4.69) is 10.5 Å². The lowest BCUT2D eigenvalue weighted by Gasteiger charge is -2.05. The van der Waals surface area contributed by atoms with E-state index in [1.54, 1.807) is 30.5 Å². The summed E-state index contributed by atoms with van der Waals surface area (Å²) in [6, 6.07) is 23.6. The van der Waals surface area contributed by atoms with Gasteiger partial charge in [0, 0.05) is 10.6 Å². The monoisotopic (exact) mass is 350 g/mol. The average Bonchev–Trinajstić information content (AvgIpc) is 2.64. The zero-order valence-corrected chi connectivity index (χ0v) is 14.0. The van der Waals surface area contributed by atoms with Crippen LogP contribution in [0.15, 0.2) is 84.0 Å². The summed E-state index contributed by atoms with van der Waals surface area (Å²) in [7, 11) is 0. The lowest BCUT2D eigenvalue weighted by atomic mass is 10.2. The van der Waals surface area contributed by atoms with Gasteiger partial charge in [0.25, 0.3) is 5.91 Å². The molecule has 5 heteroatoms. The Hall–Kier alpha value is -3.11. The number of carbonyl (C=O) groups excluding carboxylic acids is 1. The molecule has 25 heavy (non-hydrogen) atoms. The van der Waals surface area contributed by atoms with E-state index in [1.807, 2.05) is 54.6 Å². The van der Waals surface area contributed by atoms with Crippen molar-refractivity contribution in [2.75, 3.05) is 0 Å². The van der Waals surface area contributed by atoms with Gasteiger partial charge < -0.3 is 4.74 Å². The van der Waals surface area contributed by atoms with Gasteiger partial charge in [-0.2, -0.15) is 5.10 Å². The third-order valence-corrected chi connectivity index (χ3v) is 3.56. The van der Waals surface area contributed by atoms with Crippen molar-refractivity contribution in [2.45, 2.75) is 0 Å². The third kappa shape index (κ3) is 4.93. The van der Waals surface area contributed by atoms with Crippen LogP contribution in [0.3, 0.4) is 0 Å². The minimum atomic E-state index is -0.317. The summed E-state index contributed by atoms with van der Waals surface area (Å²) in [5, 5.41) is 4.46. The molecule has 0 fully saturated rings. The standard InChI is InChI=1S/C20H15ClN2O2/c21-17-6-4-5-16(13-17)20(24)23-22-14-15-9-11-19(12-10-15)25-18-7-2-1-3-8-18/h1-14H,(H,23,24). The zero-order valence-electron chi connectivity index (χ0n) is 13.2. The Bertz CT molecular complexity index is 878. The topological polar surface area (TPSA) is 50.7 Å². The SMILES string of the molecule is O=C(NN=Cc1ccc(Oc2ccccc2)cc1)c1cccc(Cl)c1. The Labute approximate surface area is 150 Å². The first-order valence-corrected chi connectivity index (χ1v) is 8.00. The molecule has 3 aromatic rings. The number of benzene rings is 3. The molecular weight excluding hydrogens is 336 g/mol. The highest BCUT2D eigenvalue weighted by Gasteiger charge is 2.03. The largest absolute Gasteiger partial charge is 0.457 e. The Kier molecular flexibility index (Phi) is 5.44. The molecule has 0 heterocycles. The van der Waals surface area contributed by atoms with E-state index >= 15 is 0 Å². The summed E-state index contributed by atoms with van der Waals surface area (Å²) < 4.78 is 5.72. The smallest absolute Gasteiger partial charge is 0.271 e. The van der Waals surface area contributed by atoms with Crippen LogP contribution in [0, 0.1) is 0 Å². The summed E-state index contributed by atoms with van der Waals surface area (Å²) in [6.07, 6.45) is 1.56. The molecule has 3 rings (SSSR count). The number of nitrogens with one attached hydrogen (secondary N) is 1. The number of carbonyl (C=O) groups is 1. The number of para-hydroxylation sites is 1. The molecule has 4 nitrogen and oxygen atoms in total. The van der Waals surface area contributed by atoms with E-state index in [9.17, 15) is 4.79 Å². The third-order valence-electron chi connectivity index (χ3n) is 3.33. The molecular formula is C20H15ClN2O2. The first kappa shape index (κ1) is 16.7. The molecule has 0 atom stereocenters. The number of amides is 1. The number of hydrogen-bond acceptors (Lipinski definition) is 3. The van der Waals surface area contributed by atoms with Crippen LogP contribution >= 0.6 is 11.6 Å². The van der Waals surface area contributed by atoms with Crippen molar-refractivity contribution >= 4 is 23.7 Å². The number of nitrogens with zero attached hydrogens (tertiary/aromatic N) is 1.